The number of carbonyl (C=O) groups is 2. The molecule has 2 heterocycles. The Morgan fingerprint density at radius 3 is 2.81 bits per heavy atom. The van der Waals surface area contributed by atoms with Gasteiger partial charge in [0.25, 0.3) is 5.91 Å². The first-order chi connectivity index (χ1) is 10.1. The Labute approximate surface area is 123 Å². The van der Waals surface area contributed by atoms with E-state index in [1.165, 1.54) is 0 Å². The molecule has 3 rings (SSSR count). The molecule has 1 aliphatic rings. The van der Waals surface area contributed by atoms with Crippen molar-refractivity contribution in [1.29, 1.82) is 0 Å². The number of nitrogens with zero attached hydrogens (tertiary/aromatic N) is 2. The molecule has 110 valence electrons. The maximum Gasteiger partial charge on any atom is 0.256 e. The summed E-state index contributed by atoms with van der Waals surface area (Å²) in [5.74, 6) is -0.0640. The van der Waals surface area contributed by atoms with Crippen LogP contribution in [0.15, 0.2) is 30.5 Å². The van der Waals surface area contributed by atoms with Gasteiger partial charge in [0.05, 0.1) is 5.56 Å². The van der Waals surface area contributed by atoms with E-state index >= 15 is 0 Å². The Bertz CT molecular complexity index is 690. The van der Waals surface area contributed by atoms with E-state index in [4.69, 9.17) is 0 Å². The van der Waals surface area contributed by atoms with Crippen molar-refractivity contribution < 1.29 is 9.59 Å². The number of likely N-dealkylation sites (tertiary alicyclic amines) is 1. The molecule has 0 spiro atoms. The molecular formula is C16H19N3O2. The van der Waals surface area contributed by atoms with E-state index < -0.39 is 0 Å². The molecule has 0 aliphatic carbocycles. The fourth-order valence-electron chi connectivity index (χ4n) is 2.97. The smallest absolute Gasteiger partial charge is 0.256 e. The second-order valence-electron chi connectivity index (χ2n) is 5.64. The minimum Gasteiger partial charge on any atom is -0.360 e. The van der Waals surface area contributed by atoms with Crippen LogP contribution < -0.4 is 0 Å². The van der Waals surface area contributed by atoms with E-state index in [0.717, 1.165) is 23.7 Å². The molecule has 1 saturated heterocycles. The second-order valence-corrected chi connectivity index (χ2v) is 5.64. The Morgan fingerprint density at radius 1 is 1.29 bits per heavy atom. The largest absolute Gasteiger partial charge is 0.360 e. The van der Waals surface area contributed by atoms with Crippen LogP contribution in [0.25, 0.3) is 10.9 Å². The number of likely N-dealkylation sites (N-methyl/N-ethyl adjacent to an activating group) is 1. The lowest BCUT2D eigenvalue weighted by atomic mass is 10.1. The summed E-state index contributed by atoms with van der Waals surface area (Å²) in [5, 5.41) is 0.908. The van der Waals surface area contributed by atoms with Crippen molar-refractivity contribution in [3.05, 3.63) is 36.0 Å². The molecule has 2 amide bonds. The highest BCUT2D eigenvalue weighted by molar-refractivity contribution is 6.08. The van der Waals surface area contributed by atoms with E-state index in [0.29, 0.717) is 12.1 Å². The van der Waals surface area contributed by atoms with Gasteiger partial charge in [-0.25, -0.2) is 0 Å². The number of amides is 2. The SMILES string of the molecule is CN(C)C(=O)C1CCCN1C(=O)c1c[nH]c2ccccc12. The molecule has 1 unspecified atom stereocenters. The van der Waals surface area contributed by atoms with E-state index in [1.807, 2.05) is 24.3 Å². The van der Waals surface area contributed by atoms with Gasteiger partial charge < -0.3 is 14.8 Å². The number of aromatic amines is 1. The van der Waals surface area contributed by atoms with Crippen LogP contribution in [0.1, 0.15) is 23.2 Å². The van der Waals surface area contributed by atoms with Gasteiger partial charge in [0.2, 0.25) is 5.91 Å². The molecule has 1 aromatic carbocycles. The van der Waals surface area contributed by atoms with Crippen LogP contribution in [0.4, 0.5) is 0 Å². The molecule has 1 aromatic heterocycles. The van der Waals surface area contributed by atoms with Gasteiger partial charge >= 0.3 is 0 Å². The average molecular weight is 285 g/mol. The summed E-state index contributed by atoms with van der Waals surface area (Å²) in [5.41, 5.74) is 1.58. The molecule has 0 bridgehead atoms. The number of fused-ring (bicyclic) bond motifs is 1. The van der Waals surface area contributed by atoms with Gasteiger partial charge in [0.1, 0.15) is 6.04 Å². The van der Waals surface area contributed by atoms with Gasteiger partial charge in [-0.15, -0.1) is 0 Å². The van der Waals surface area contributed by atoms with Crippen LogP contribution in [0, 0.1) is 0 Å². The zero-order valence-corrected chi connectivity index (χ0v) is 12.3. The predicted octanol–water partition coefficient (Wildman–Crippen LogP) is 1.86. The molecule has 0 radical (unpaired) electrons. The fraction of sp³-hybridized carbons (Fsp3) is 0.375. The minimum absolute atomic E-state index is 0.000640. The third-order valence-corrected chi connectivity index (χ3v) is 4.06. The van der Waals surface area contributed by atoms with Crippen LogP contribution >= 0.6 is 0 Å². The van der Waals surface area contributed by atoms with Crippen molar-refractivity contribution in [3.8, 4) is 0 Å². The van der Waals surface area contributed by atoms with E-state index in [1.54, 1.807) is 30.1 Å². The quantitative estimate of drug-likeness (QED) is 0.915. The third kappa shape index (κ3) is 2.28. The van der Waals surface area contributed by atoms with Crippen molar-refractivity contribution in [2.45, 2.75) is 18.9 Å². The summed E-state index contributed by atoms with van der Waals surface area (Å²) < 4.78 is 0. The van der Waals surface area contributed by atoms with Crippen LogP contribution in [-0.4, -0.2) is 53.3 Å². The summed E-state index contributed by atoms with van der Waals surface area (Å²) >= 11 is 0. The number of carbonyl (C=O) groups excluding carboxylic acids is 2. The summed E-state index contributed by atoms with van der Waals surface area (Å²) in [4.78, 5) is 31.4. The molecule has 2 aromatic rings. The molecule has 5 heteroatoms. The second kappa shape index (κ2) is 5.24. The summed E-state index contributed by atoms with van der Waals surface area (Å²) in [6, 6.07) is 7.39. The normalized spacial score (nSPS) is 18.2. The summed E-state index contributed by atoms with van der Waals surface area (Å²) in [7, 11) is 3.46. The molecule has 1 fully saturated rings. The maximum absolute atomic E-state index is 12.8. The van der Waals surface area contributed by atoms with Gasteiger partial charge in [-0.3, -0.25) is 9.59 Å². The van der Waals surface area contributed by atoms with Crippen LogP contribution in [-0.2, 0) is 4.79 Å². The van der Waals surface area contributed by atoms with Crippen LogP contribution in [0.3, 0.4) is 0 Å². The van der Waals surface area contributed by atoms with Gasteiger partial charge in [0, 0.05) is 37.7 Å². The van der Waals surface area contributed by atoms with Crippen molar-refractivity contribution in [2.75, 3.05) is 20.6 Å². The Kier molecular flexibility index (Phi) is 3.41. The average Bonchev–Trinajstić information content (AvgIpc) is 3.12. The van der Waals surface area contributed by atoms with Crippen molar-refractivity contribution >= 4 is 22.7 Å². The third-order valence-electron chi connectivity index (χ3n) is 4.06. The van der Waals surface area contributed by atoms with Gasteiger partial charge in [0.15, 0.2) is 0 Å². The molecular weight excluding hydrogens is 266 g/mol. The number of benzene rings is 1. The number of nitrogens with one attached hydrogen (secondary N) is 1. The monoisotopic (exact) mass is 285 g/mol. The Morgan fingerprint density at radius 2 is 2.05 bits per heavy atom. The van der Waals surface area contributed by atoms with Gasteiger partial charge in [-0.2, -0.15) is 0 Å². The van der Waals surface area contributed by atoms with E-state index in [2.05, 4.69) is 4.98 Å². The lowest BCUT2D eigenvalue weighted by Gasteiger charge is -2.26. The van der Waals surface area contributed by atoms with Crippen molar-refractivity contribution in [2.24, 2.45) is 0 Å². The van der Waals surface area contributed by atoms with Gasteiger partial charge in [-0.1, -0.05) is 18.2 Å². The van der Waals surface area contributed by atoms with Crippen molar-refractivity contribution in [3.63, 3.8) is 0 Å². The standard InChI is InChI=1S/C16H19N3O2/c1-18(2)16(21)14-8-5-9-19(14)15(20)12-10-17-13-7-4-3-6-11(12)13/h3-4,6-7,10,14,17H,5,8-9H2,1-2H3. The van der Waals surface area contributed by atoms with Gasteiger partial charge in [-0.05, 0) is 18.9 Å². The number of hydrogen-bond donors (Lipinski definition) is 1. The molecule has 1 atom stereocenters. The first kappa shape index (κ1) is 13.7. The Hall–Kier alpha value is -2.30. The topological polar surface area (TPSA) is 56.4 Å². The number of para-hydroxylation sites is 1. The van der Waals surface area contributed by atoms with E-state index in [9.17, 15) is 9.59 Å². The number of H-pyrrole nitrogens is 1. The zero-order valence-electron chi connectivity index (χ0n) is 12.3. The molecule has 21 heavy (non-hydrogen) atoms. The summed E-state index contributed by atoms with van der Waals surface area (Å²) in [6.07, 6.45) is 3.35. The highest BCUT2D eigenvalue weighted by Gasteiger charge is 2.35. The highest BCUT2D eigenvalue weighted by Crippen LogP contribution is 2.25. The number of aromatic nitrogens is 1. The minimum atomic E-state index is -0.332. The predicted molar refractivity (Wildman–Crippen MR) is 81.1 cm³/mol. The first-order valence-corrected chi connectivity index (χ1v) is 7.18. The molecule has 1 aliphatic heterocycles. The molecule has 0 saturated carbocycles. The lowest BCUT2D eigenvalue weighted by Crippen LogP contribution is -2.45. The number of rotatable bonds is 2. The fourth-order valence-corrected chi connectivity index (χ4v) is 2.97. The first-order valence-electron chi connectivity index (χ1n) is 7.18. The highest BCUT2D eigenvalue weighted by atomic mass is 16.2. The Balaban J connectivity index is 1.92. The lowest BCUT2D eigenvalue weighted by molar-refractivity contribution is -0.132. The maximum atomic E-state index is 12.8. The summed E-state index contributed by atoms with van der Waals surface area (Å²) in [6.45, 7) is 0.641. The number of hydrogen-bond acceptors (Lipinski definition) is 2. The van der Waals surface area contributed by atoms with E-state index in [-0.39, 0.29) is 17.9 Å². The van der Waals surface area contributed by atoms with Crippen LogP contribution in [0.5, 0.6) is 0 Å². The zero-order chi connectivity index (χ0) is 15.0. The van der Waals surface area contributed by atoms with Crippen molar-refractivity contribution in [1.82, 2.24) is 14.8 Å². The molecule has 1 N–H and O–H groups in total. The van der Waals surface area contributed by atoms with Crippen LogP contribution in [0.2, 0.25) is 0 Å². The molecule has 5 nitrogen and oxygen atoms in total.